The van der Waals surface area contributed by atoms with Gasteiger partial charge in [0.15, 0.2) is 8.32 Å². The van der Waals surface area contributed by atoms with E-state index in [2.05, 4.69) is 33.9 Å². The van der Waals surface area contributed by atoms with Crippen LogP contribution in [-0.4, -0.2) is 54.4 Å². The van der Waals surface area contributed by atoms with E-state index in [-0.39, 0.29) is 17.7 Å². The highest BCUT2D eigenvalue weighted by Gasteiger charge is 2.39. The van der Waals surface area contributed by atoms with Gasteiger partial charge in [0, 0.05) is 13.0 Å². The third kappa shape index (κ3) is 7.86. The Balaban J connectivity index is 1.82. The van der Waals surface area contributed by atoms with Crippen LogP contribution < -0.4 is 4.74 Å². The van der Waals surface area contributed by atoms with E-state index < -0.39 is 31.3 Å². The number of carbonyl (C=O) groups is 1. The van der Waals surface area contributed by atoms with Crippen LogP contribution >= 0.6 is 0 Å². The summed E-state index contributed by atoms with van der Waals surface area (Å²) >= 11 is -1.83. The first kappa shape index (κ1) is 26.8. The molecular formula is C23H39NO6SSi. The Bertz CT molecular complexity index is 785. The Morgan fingerprint density at radius 1 is 1.12 bits per heavy atom. The van der Waals surface area contributed by atoms with Gasteiger partial charge in [-0.1, -0.05) is 32.9 Å². The summed E-state index contributed by atoms with van der Waals surface area (Å²) in [5.41, 5.74) is 0.336. The van der Waals surface area contributed by atoms with E-state index >= 15 is 0 Å². The maximum absolute atomic E-state index is 12.4. The second-order valence-electron chi connectivity index (χ2n) is 10.6. The summed E-state index contributed by atoms with van der Waals surface area (Å²) in [4.78, 5) is 12.4. The fraction of sp³-hybridized carbons (Fsp3) is 0.696. The molecule has 9 heteroatoms. The highest BCUT2D eigenvalue weighted by atomic mass is 32.2. The fourth-order valence-electron chi connectivity index (χ4n) is 2.83. The predicted molar refractivity (Wildman–Crippen MR) is 129 cm³/mol. The average Bonchev–Trinajstić information content (AvgIpc) is 3.00. The molecule has 1 aliphatic rings. The molecule has 1 aromatic carbocycles. The van der Waals surface area contributed by atoms with E-state index in [0.29, 0.717) is 19.6 Å². The van der Waals surface area contributed by atoms with Crippen molar-refractivity contribution >= 4 is 25.7 Å². The Morgan fingerprint density at radius 3 is 2.31 bits per heavy atom. The molecule has 1 aliphatic heterocycles. The molecule has 0 spiro atoms. The third-order valence-corrected chi connectivity index (χ3v) is 11.3. The summed E-state index contributed by atoms with van der Waals surface area (Å²) in [5, 5.41) is 0.208. The first-order valence-corrected chi connectivity index (χ1v) is 15.1. The van der Waals surface area contributed by atoms with E-state index in [1.807, 2.05) is 24.3 Å². The maximum Gasteiger partial charge on any atom is 0.424 e. The molecule has 2 atom stereocenters. The largest absolute Gasteiger partial charge is 0.494 e. The molecule has 1 heterocycles. The number of carbonyl (C=O) groups excluding carboxylic acids is 1. The number of ether oxygens (including phenoxy) is 2. The molecule has 2 rings (SSSR count). The molecule has 32 heavy (non-hydrogen) atoms. The van der Waals surface area contributed by atoms with Crippen LogP contribution in [0.5, 0.6) is 5.75 Å². The number of hydrogen-bond acceptors (Lipinski definition) is 6. The van der Waals surface area contributed by atoms with Gasteiger partial charge in [0.2, 0.25) is 0 Å². The second kappa shape index (κ2) is 10.7. The van der Waals surface area contributed by atoms with Crippen LogP contribution in [0.15, 0.2) is 24.3 Å². The van der Waals surface area contributed by atoms with Gasteiger partial charge >= 0.3 is 6.09 Å². The highest BCUT2D eigenvalue weighted by Crippen LogP contribution is 2.36. The van der Waals surface area contributed by atoms with Crippen molar-refractivity contribution in [2.75, 3.05) is 19.8 Å². The molecule has 0 bridgehead atoms. The molecular weight excluding hydrogens is 446 g/mol. The summed E-state index contributed by atoms with van der Waals surface area (Å²) in [5.74, 6) is 0.788. The fourth-order valence-corrected chi connectivity index (χ4v) is 4.84. The lowest BCUT2D eigenvalue weighted by molar-refractivity contribution is 0.0363. The van der Waals surface area contributed by atoms with Crippen molar-refractivity contribution in [3.05, 3.63) is 29.8 Å². The molecule has 0 aliphatic carbocycles. The SMILES string of the molecule is CC(C)(C)OC(=O)N1[C@@H](Cc2ccc(OCCCO[Si](C)(C)C(C)(C)C)cc2)COS1=O. The lowest BCUT2D eigenvalue weighted by Crippen LogP contribution is -2.41. The maximum atomic E-state index is 12.4. The first-order valence-electron chi connectivity index (χ1n) is 11.1. The number of rotatable bonds is 8. The van der Waals surface area contributed by atoms with Gasteiger partial charge in [0.05, 0.1) is 19.3 Å². The van der Waals surface area contributed by atoms with Crippen molar-refractivity contribution in [3.63, 3.8) is 0 Å². The van der Waals surface area contributed by atoms with Crippen LogP contribution in [0.25, 0.3) is 0 Å². The molecule has 1 aromatic rings. The van der Waals surface area contributed by atoms with Crippen LogP contribution in [0.1, 0.15) is 53.5 Å². The summed E-state index contributed by atoms with van der Waals surface area (Å²) in [6, 6.07) is 7.39. The van der Waals surface area contributed by atoms with E-state index in [0.717, 1.165) is 17.7 Å². The minimum absolute atomic E-state index is 0.207. The number of hydrogen-bond donors (Lipinski definition) is 0. The standard InChI is InChI=1S/C23H39NO6SSi/c1-22(2,3)30-21(25)24-19(17-28-31(24)26)16-18-10-12-20(13-11-18)27-14-9-15-29-32(7,8)23(4,5)6/h10-13,19H,9,14-17H2,1-8H3/t19-,31?/m0/s1. The molecule has 0 N–H and O–H groups in total. The summed E-state index contributed by atoms with van der Waals surface area (Å²) < 4.78 is 35.9. The van der Waals surface area contributed by atoms with Crippen molar-refractivity contribution in [1.82, 2.24) is 4.31 Å². The van der Waals surface area contributed by atoms with E-state index in [1.165, 1.54) is 4.31 Å². The zero-order valence-corrected chi connectivity index (χ0v) is 22.5. The van der Waals surface area contributed by atoms with Gasteiger partial charge in [-0.3, -0.25) is 4.18 Å². The zero-order valence-electron chi connectivity index (χ0n) is 20.7. The van der Waals surface area contributed by atoms with Crippen LogP contribution in [-0.2, 0) is 31.0 Å². The monoisotopic (exact) mass is 485 g/mol. The van der Waals surface area contributed by atoms with Gasteiger partial charge in [0.25, 0.3) is 11.3 Å². The number of amides is 1. The van der Waals surface area contributed by atoms with Crippen molar-refractivity contribution in [3.8, 4) is 5.75 Å². The van der Waals surface area contributed by atoms with Gasteiger partial charge in [-0.2, -0.15) is 4.31 Å². The Labute approximate surface area is 196 Å². The van der Waals surface area contributed by atoms with Crippen molar-refractivity contribution in [2.24, 2.45) is 0 Å². The number of benzene rings is 1. The quantitative estimate of drug-likeness (QED) is 0.371. The van der Waals surface area contributed by atoms with Crippen LogP contribution in [0.4, 0.5) is 4.79 Å². The third-order valence-electron chi connectivity index (χ3n) is 5.65. The van der Waals surface area contributed by atoms with Crippen molar-refractivity contribution < 1.29 is 27.1 Å². The molecule has 7 nitrogen and oxygen atoms in total. The Kier molecular flexibility index (Phi) is 8.95. The van der Waals surface area contributed by atoms with Crippen LogP contribution in [0, 0.1) is 0 Å². The van der Waals surface area contributed by atoms with Gasteiger partial charge in [0.1, 0.15) is 11.4 Å². The van der Waals surface area contributed by atoms with Gasteiger partial charge < -0.3 is 13.9 Å². The lowest BCUT2D eigenvalue weighted by atomic mass is 10.1. The molecule has 0 aromatic heterocycles. The summed E-state index contributed by atoms with van der Waals surface area (Å²) in [6.07, 6.45) is 0.730. The molecule has 0 radical (unpaired) electrons. The highest BCUT2D eigenvalue weighted by molar-refractivity contribution is 7.78. The average molecular weight is 486 g/mol. The lowest BCUT2D eigenvalue weighted by Gasteiger charge is -2.36. The summed E-state index contributed by atoms with van der Waals surface area (Å²) in [7, 11) is -1.72. The molecule has 1 unspecified atom stereocenters. The van der Waals surface area contributed by atoms with E-state index in [4.69, 9.17) is 18.1 Å². The zero-order chi connectivity index (χ0) is 24.2. The smallest absolute Gasteiger partial charge is 0.424 e. The Hall–Kier alpha value is -1.42. The molecule has 0 saturated carbocycles. The van der Waals surface area contributed by atoms with Crippen molar-refractivity contribution in [1.29, 1.82) is 0 Å². The normalized spacial score (nSPS) is 19.8. The minimum atomic E-state index is -1.83. The van der Waals surface area contributed by atoms with E-state index in [9.17, 15) is 9.00 Å². The van der Waals surface area contributed by atoms with Gasteiger partial charge in [-0.25, -0.2) is 9.00 Å². The molecule has 1 fully saturated rings. The van der Waals surface area contributed by atoms with Gasteiger partial charge in [-0.15, -0.1) is 0 Å². The minimum Gasteiger partial charge on any atom is -0.494 e. The molecule has 1 saturated heterocycles. The second-order valence-corrected chi connectivity index (χ2v) is 16.5. The molecule has 1 amide bonds. The van der Waals surface area contributed by atoms with E-state index in [1.54, 1.807) is 20.8 Å². The first-order chi connectivity index (χ1) is 14.7. The van der Waals surface area contributed by atoms with Crippen LogP contribution in [0.2, 0.25) is 18.1 Å². The van der Waals surface area contributed by atoms with Crippen molar-refractivity contribution in [2.45, 2.75) is 84.2 Å². The Morgan fingerprint density at radius 2 is 1.75 bits per heavy atom. The summed E-state index contributed by atoms with van der Waals surface area (Å²) in [6.45, 7) is 18.0. The van der Waals surface area contributed by atoms with Crippen LogP contribution in [0.3, 0.4) is 0 Å². The molecule has 182 valence electrons. The predicted octanol–water partition coefficient (Wildman–Crippen LogP) is 5.23. The van der Waals surface area contributed by atoms with Gasteiger partial charge in [-0.05, 0) is 63.0 Å². The number of nitrogens with zero attached hydrogens (tertiary/aromatic N) is 1. The topological polar surface area (TPSA) is 74.3 Å².